The smallest absolute Gasteiger partial charge is 0.204 e. The number of benzene rings is 4. The van der Waals surface area contributed by atoms with Gasteiger partial charge in [-0.3, -0.25) is 4.79 Å². The van der Waals surface area contributed by atoms with Crippen LogP contribution in [0.15, 0.2) is 97.1 Å². The van der Waals surface area contributed by atoms with E-state index in [9.17, 15) is 4.79 Å². The summed E-state index contributed by atoms with van der Waals surface area (Å²) >= 11 is 0. The monoisotopic (exact) mass is 350 g/mol. The van der Waals surface area contributed by atoms with Gasteiger partial charge in [-0.25, -0.2) is 0 Å². The molecule has 27 heavy (non-hydrogen) atoms. The van der Waals surface area contributed by atoms with Gasteiger partial charge in [-0.05, 0) is 22.4 Å². The van der Waals surface area contributed by atoms with Crippen molar-refractivity contribution >= 4 is 16.6 Å². The molecule has 0 N–H and O–H groups in total. The van der Waals surface area contributed by atoms with Crippen LogP contribution in [0.25, 0.3) is 10.8 Å². The van der Waals surface area contributed by atoms with E-state index in [1.165, 1.54) is 0 Å². The van der Waals surface area contributed by atoms with Gasteiger partial charge >= 0.3 is 0 Å². The zero-order valence-electron chi connectivity index (χ0n) is 14.7. The highest BCUT2D eigenvalue weighted by Crippen LogP contribution is 2.46. The fourth-order valence-electron chi connectivity index (χ4n) is 4.03. The molecule has 0 radical (unpaired) electrons. The Balaban J connectivity index is 1.71. The van der Waals surface area contributed by atoms with Crippen molar-refractivity contribution in [3.05, 3.63) is 114 Å². The van der Waals surface area contributed by atoms with Gasteiger partial charge < -0.3 is 4.74 Å². The third-order valence-corrected chi connectivity index (χ3v) is 5.27. The van der Waals surface area contributed by atoms with Gasteiger partial charge in [0.1, 0.15) is 5.75 Å². The maximum atomic E-state index is 13.3. The van der Waals surface area contributed by atoms with Gasteiger partial charge in [0.2, 0.25) is 5.78 Å². The van der Waals surface area contributed by atoms with Crippen molar-refractivity contribution in [3.8, 4) is 5.75 Å². The Morgan fingerprint density at radius 2 is 1.37 bits per heavy atom. The molecule has 4 aromatic rings. The SMILES string of the molecule is O=C(c1ccccc1)[C@H]1Oc2ccc3ccccc3c2[C@@H]1c1ccccc1. The molecule has 2 nitrogen and oxygen atoms in total. The second-order valence-corrected chi connectivity index (χ2v) is 6.86. The molecule has 0 spiro atoms. The molecule has 5 rings (SSSR count). The summed E-state index contributed by atoms with van der Waals surface area (Å²) in [5.74, 6) is 0.696. The van der Waals surface area contributed by atoms with Crippen molar-refractivity contribution in [3.63, 3.8) is 0 Å². The molecule has 0 aliphatic carbocycles. The molecule has 0 fully saturated rings. The Morgan fingerprint density at radius 3 is 2.15 bits per heavy atom. The van der Waals surface area contributed by atoms with E-state index in [-0.39, 0.29) is 11.7 Å². The molecule has 0 amide bonds. The predicted molar refractivity (Wildman–Crippen MR) is 107 cm³/mol. The molecule has 0 bridgehead atoms. The van der Waals surface area contributed by atoms with Crippen LogP contribution in [0.5, 0.6) is 5.75 Å². The summed E-state index contributed by atoms with van der Waals surface area (Å²) < 4.78 is 6.25. The molecular weight excluding hydrogens is 332 g/mol. The number of ketones is 1. The number of hydrogen-bond donors (Lipinski definition) is 0. The van der Waals surface area contributed by atoms with Crippen molar-refractivity contribution in [2.45, 2.75) is 12.0 Å². The second-order valence-electron chi connectivity index (χ2n) is 6.86. The molecule has 130 valence electrons. The Labute approximate surface area is 158 Å². The zero-order chi connectivity index (χ0) is 18.2. The molecule has 1 heterocycles. The standard InChI is InChI=1S/C25H18O2/c26-24(19-12-5-2-6-13-19)25-22(18-10-3-1-4-11-18)23-20-14-8-7-9-17(20)15-16-21(23)27-25/h1-16,22,25H/t22-,25-/m0/s1. The van der Waals surface area contributed by atoms with E-state index in [0.717, 1.165) is 27.6 Å². The second kappa shape index (κ2) is 6.40. The molecule has 0 aromatic heterocycles. The molecule has 4 aromatic carbocycles. The van der Waals surface area contributed by atoms with Gasteiger partial charge in [-0.2, -0.15) is 0 Å². The van der Waals surface area contributed by atoms with Gasteiger partial charge in [-0.15, -0.1) is 0 Å². The summed E-state index contributed by atoms with van der Waals surface area (Å²) in [5.41, 5.74) is 2.89. The van der Waals surface area contributed by atoms with Gasteiger partial charge in [0.25, 0.3) is 0 Å². The zero-order valence-corrected chi connectivity index (χ0v) is 14.7. The van der Waals surface area contributed by atoms with E-state index in [1.54, 1.807) is 0 Å². The third kappa shape index (κ3) is 2.61. The van der Waals surface area contributed by atoms with Crippen molar-refractivity contribution < 1.29 is 9.53 Å². The average Bonchev–Trinajstić information content (AvgIpc) is 3.14. The number of hydrogen-bond acceptors (Lipinski definition) is 2. The largest absolute Gasteiger partial charge is 0.481 e. The van der Waals surface area contributed by atoms with Gasteiger partial charge in [0, 0.05) is 11.1 Å². The quantitative estimate of drug-likeness (QED) is 0.449. The maximum Gasteiger partial charge on any atom is 0.204 e. The normalized spacial score (nSPS) is 18.1. The number of fused-ring (bicyclic) bond motifs is 3. The first-order chi connectivity index (χ1) is 13.3. The van der Waals surface area contributed by atoms with E-state index < -0.39 is 6.10 Å². The highest BCUT2D eigenvalue weighted by molar-refractivity contribution is 6.02. The minimum absolute atomic E-state index is 0.0183. The molecule has 1 aliphatic heterocycles. The Bertz CT molecular complexity index is 1120. The van der Waals surface area contributed by atoms with Gasteiger partial charge in [-0.1, -0.05) is 91.0 Å². The summed E-state index contributed by atoms with van der Waals surface area (Å²) in [5, 5.41) is 2.31. The van der Waals surface area contributed by atoms with Crippen molar-refractivity contribution in [1.29, 1.82) is 0 Å². The fourth-order valence-corrected chi connectivity index (χ4v) is 4.03. The van der Waals surface area contributed by atoms with Gasteiger partial charge in [0.05, 0.1) is 5.92 Å². The molecular formula is C25H18O2. The topological polar surface area (TPSA) is 26.3 Å². The molecule has 0 saturated carbocycles. The van der Waals surface area contributed by atoms with Crippen LogP contribution in [-0.2, 0) is 0 Å². The lowest BCUT2D eigenvalue weighted by atomic mass is 9.83. The van der Waals surface area contributed by atoms with Crippen molar-refractivity contribution in [1.82, 2.24) is 0 Å². The number of carbonyl (C=O) groups is 1. The van der Waals surface area contributed by atoms with Crippen LogP contribution in [0, 0.1) is 0 Å². The number of Topliss-reactive ketones (excluding diaryl/α,β-unsaturated/α-hetero) is 1. The lowest BCUT2D eigenvalue weighted by molar-refractivity contribution is 0.0807. The first-order valence-corrected chi connectivity index (χ1v) is 9.15. The van der Waals surface area contributed by atoms with Crippen molar-refractivity contribution in [2.24, 2.45) is 0 Å². The summed E-state index contributed by atoms with van der Waals surface area (Å²) in [4.78, 5) is 13.3. The lowest BCUT2D eigenvalue weighted by Gasteiger charge is -2.19. The van der Waals surface area contributed by atoms with Crippen LogP contribution in [-0.4, -0.2) is 11.9 Å². The Morgan fingerprint density at radius 1 is 0.704 bits per heavy atom. The highest BCUT2D eigenvalue weighted by Gasteiger charge is 2.41. The Hall–Kier alpha value is -3.39. The third-order valence-electron chi connectivity index (χ3n) is 5.27. The van der Waals surface area contributed by atoms with E-state index in [2.05, 4.69) is 30.3 Å². The van der Waals surface area contributed by atoms with E-state index in [4.69, 9.17) is 4.74 Å². The first kappa shape index (κ1) is 15.8. The number of rotatable bonds is 3. The minimum atomic E-state index is -0.560. The average molecular weight is 350 g/mol. The predicted octanol–water partition coefficient (Wildman–Crippen LogP) is 5.62. The van der Waals surface area contributed by atoms with E-state index in [1.807, 2.05) is 66.7 Å². The summed E-state index contributed by atoms with van der Waals surface area (Å²) in [6, 6.07) is 31.9. The van der Waals surface area contributed by atoms with Crippen LogP contribution >= 0.6 is 0 Å². The molecule has 1 aliphatic rings. The first-order valence-electron chi connectivity index (χ1n) is 9.15. The van der Waals surface area contributed by atoms with Crippen LogP contribution < -0.4 is 4.74 Å². The Kier molecular flexibility index (Phi) is 3.75. The maximum absolute atomic E-state index is 13.3. The van der Waals surface area contributed by atoms with Crippen LogP contribution in [0.2, 0.25) is 0 Å². The highest BCUT2D eigenvalue weighted by atomic mass is 16.5. The van der Waals surface area contributed by atoms with Crippen LogP contribution in [0.4, 0.5) is 0 Å². The molecule has 0 unspecified atom stereocenters. The van der Waals surface area contributed by atoms with E-state index >= 15 is 0 Å². The van der Waals surface area contributed by atoms with E-state index in [0.29, 0.717) is 5.56 Å². The van der Waals surface area contributed by atoms with Gasteiger partial charge in [0.15, 0.2) is 6.10 Å². The lowest BCUT2D eigenvalue weighted by Crippen LogP contribution is -2.30. The molecule has 2 heteroatoms. The van der Waals surface area contributed by atoms with Crippen LogP contribution in [0.1, 0.15) is 27.4 Å². The van der Waals surface area contributed by atoms with Crippen molar-refractivity contribution in [2.75, 3.05) is 0 Å². The fraction of sp³-hybridized carbons (Fsp3) is 0.0800. The summed E-state index contributed by atoms with van der Waals surface area (Å²) in [6.07, 6.45) is -0.560. The summed E-state index contributed by atoms with van der Waals surface area (Å²) in [7, 11) is 0. The number of ether oxygens (including phenoxy) is 1. The summed E-state index contributed by atoms with van der Waals surface area (Å²) in [6.45, 7) is 0. The molecule has 0 saturated heterocycles. The molecule has 2 atom stereocenters. The van der Waals surface area contributed by atoms with Crippen LogP contribution in [0.3, 0.4) is 0 Å². The minimum Gasteiger partial charge on any atom is -0.481 e. The number of carbonyl (C=O) groups excluding carboxylic acids is 1.